The van der Waals surface area contributed by atoms with E-state index in [1.165, 1.54) is 30.5 Å². The summed E-state index contributed by atoms with van der Waals surface area (Å²) >= 11 is 3.58. The lowest BCUT2D eigenvalue weighted by Gasteiger charge is -2.40. The van der Waals surface area contributed by atoms with Crippen LogP contribution in [-0.2, 0) is 11.2 Å². The van der Waals surface area contributed by atoms with E-state index in [0.29, 0.717) is 12.1 Å². The van der Waals surface area contributed by atoms with Crippen molar-refractivity contribution in [2.45, 2.75) is 50.8 Å². The Balaban J connectivity index is 1.91. The summed E-state index contributed by atoms with van der Waals surface area (Å²) in [6.07, 6.45) is 5.09. The van der Waals surface area contributed by atoms with Crippen molar-refractivity contribution < 1.29 is 4.74 Å². The fourth-order valence-corrected chi connectivity index (χ4v) is 3.98. The Morgan fingerprint density at radius 2 is 2.30 bits per heavy atom. The maximum Gasteiger partial charge on any atom is 0.0779 e. The zero-order valence-corrected chi connectivity index (χ0v) is 13.6. The number of rotatable bonds is 3. The molecule has 0 radical (unpaired) electrons. The highest BCUT2D eigenvalue weighted by Crippen LogP contribution is 2.35. The minimum absolute atomic E-state index is 0.184. The Morgan fingerprint density at radius 3 is 3.10 bits per heavy atom. The number of hydrogen-bond donors (Lipinski definition) is 1. The van der Waals surface area contributed by atoms with Crippen LogP contribution < -0.4 is 10.6 Å². The third kappa shape index (κ3) is 2.87. The molecule has 3 nitrogen and oxygen atoms in total. The highest BCUT2D eigenvalue weighted by atomic mass is 79.9. The molecule has 0 bridgehead atoms. The van der Waals surface area contributed by atoms with Crippen molar-refractivity contribution in [1.29, 1.82) is 0 Å². The molecule has 1 heterocycles. The van der Waals surface area contributed by atoms with E-state index in [4.69, 9.17) is 10.5 Å². The van der Waals surface area contributed by atoms with E-state index >= 15 is 0 Å². The number of benzene rings is 1. The van der Waals surface area contributed by atoms with Crippen LogP contribution in [0, 0.1) is 0 Å². The Hall–Kier alpha value is -0.580. The van der Waals surface area contributed by atoms with Gasteiger partial charge in [0.2, 0.25) is 0 Å². The highest BCUT2D eigenvalue weighted by molar-refractivity contribution is 9.10. The van der Waals surface area contributed by atoms with Gasteiger partial charge in [0.25, 0.3) is 0 Å². The first-order valence-corrected chi connectivity index (χ1v) is 8.36. The predicted octanol–water partition coefficient (Wildman–Crippen LogP) is 3.10. The molecular formula is C16H23BrN2O. The SMILES string of the molecule is CC(N)Cc1cc(Br)ccc1N1CCOC2CCCC21. The number of morpholine rings is 1. The standard InChI is InChI=1S/C16H23BrN2O/c1-11(18)9-12-10-13(17)5-6-14(12)19-7-8-20-16-4-2-3-15(16)19/h5-6,10-11,15-16H,2-4,7-9,18H2,1H3. The molecule has 0 spiro atoms. The van der Waals surface area contributed by atoms with Crippen molar-refractivity contribution in [2.24, 2.45) is 5.73 Å². The minimum Gasteiger partial charge on any atom is -0.374 e. The topological polar surface area (TPSA) is 38.5 Å². The van der Waals surface area contributed by atoms with Gasteiger partial charge in [-0.05, 0) is 56.4 Å². The summed E-state index contributed by atoms with van der Waals surface area (Å²) in [5.41, 5.74) is 8.72. The van der Waals surface area contributed by atoms with Crippen LogP contribution in [0.4, 0.5) is 5.69 Å². The molecule has 0 amide bonds. The van der Waals surface area contributed by atoms with E-state index < -0.39 is 0 Å². The Morgan fingerprint density at radius 1 is 1.45 bits per heavy atom. The lowest BCUT2D eigenvalue weighted by Crippen LogP contribution is -2.49. The van der Waals surface area contributed by atoms with Crippen molar-refractivity contribution in [3.05, 3.63) is 28.2 Å². The van der Waals surface area contributed by atoms with Crippen LogP contribution in [0.3, 0.4) is 0 Å². The van der Waals surface area contributed by atoms with Crippen LogP contribution in [0.5, 0.6) is 0 Å². The molecule has 1 aromatic carbocycles. The molecule has 4 heteroatoms. The first-order chi connectivity index (χ1) is 9.65. The smallest absolute Gasteiger partial charge is 0.0779 e. The molecule has 1 saturated carbocycles. The third-order valence-electron chi connectivity index (χ3n) is 4.37. The fourth-order valence-electron chi connectivity index (χ4n) is 3.57. The van der Waals surface area contributed by atoms with Gasteiger partial charge < -0.3 is 15.4 Å². The molecule has 2 fully saturated rings. The summed E-state index contributed by atoms with van der Waals surface area (Å²) in [5.74, 6) is 0. The molecule has 20 heavy (non-hydrogen) atoms. The lowest BCUT2D eigenvalue weighted by molar-refractivity contribution is 0.0256. The van der Waals surface area contributed by atoms with Crippen molar-refractivity contribution in [2.75, 3.05) is 18.1 Å². The number of nitrogens with zero attached hydrogens (tertiary/aromatic N) is 1. The maximum atomic E-state index is 6.02. The summed E-state index contributed by atoms with van der Waals surface area (Å²) in [4.78, 5) is 2.56. The van der Waals surface area contributed by atoms with E-state index in [2.05, 4.69) is 46.0 Å². The molecule has 3 rings (SSSR count). The molecule has 3 atom stereocenters. The average Bonchev–Trinajstić information content (AvgIpc) is 2.86. The summed E-state index contributed by atoms with van der Waals surface area (Å²) in [7, 11) is 0. The van der Waals surface area contributed by atoms with Gasteiger partial charge in [-0.15, -0.1) is 0 Å². The van der Waals surface area contributed by atoms with E-state index in [9.17, 15) is 0 Å². The van der Waals surface area contributed by atoms with Gasteiger partial charge in [0, 0.05) is 22.7 Å². The van der Waals surface area contributed by atoms with Crippen molar-refractivity contribution in [3.8, 4) is 0 Å². The summed E-state index contributed by atoms with van der Waals surface area (Å²) in [5, 5.41) is 0. The molecule has 1 aliphatic carbocycles. The molecule has 2 aliphatic rings. The van der Waals surface area contributed by atoms with Crippen molar-refractivity contribution in [1.82, 2.24) is 0 Å². The number of ether oxygens (including phenoxy) is 1. The largest absolute Gasteiger partial charge is 0.374 e. The zero-order chi connectivity index (χ0) is 14.1. The number of fused-ring (bicyclic) bond motifs is 1. The second kappa shape index (κ2) is 6.04. The minimum atomic E-state index is 0.184. The van der Waals surface area contributed by atoms with Gasteiger partial charge in [-0.3, -0.25) is 0 Å². The summed E-state index contributed by atoms with van der Waals surface area (Å²) in [6, 6.07) is 7.33. The zero-order valence-electron chi connectivity index (χ0n) is 12.0. The van der Waals surface area contributed by atoms with Gasteiger partial charge in [0.05, 0.1) is 18.8 Å². The van der Waals surface area contributed by atoms with Crippen LogP contribution in [-0.4, -0.2) is 31.3 Å². The van der Waals surface area contributed by atoms with Crippen LogP contribution in [0.2, 0.25) is 0 Å². The van der Waals surface area contributed by atoms with Crippen LogP contribution in [0.15, 0.2) is 22.7 Å². The molecular weight excluding hydrogens is 316 g/mol. The average molecular weight is 339 g/mol. The highest BCUT2D eigenvalue weighted by Gasteiger charge is 2.36. The third-order valence-corrected chi connectivity index (χ3v) is 4.87. The second-order valence-electron chi connectivity index (χ2n) is 6.06. The summed E-state index contributed by atoms with van der Waals surface area (Å²) < 4.78 is 7.06. The van der Waals surface area contributed by atoms with Gasteiger partial charge in [-0.25, -0.2) is 0 Å². The molecule has 1 saturated heterocycles. The van der Waals surface area contributed by atoms with Gasteiger partial charge in [0.15, 0.2) is 0 Å². The maximum absolute atomic E-state index is 6.02. The quantitative estimate of drug-likeness (QED) is 0.920. The first kappa shape index (κ1) is 14.4. The second-order valence-corrected chi connectivity index (χ2v) is 6.97. The van der Waals surface area contributed by atoms with Gasteiger partial charge in [-0.1, -0.05) is 15.9 Å². The molecule has 1 aliphatic heterocycles. The fraction of sp³-hybridized carbons (Fsp3) is 0.625. The number of anilines is 1. The lowest BCUT2D eigenvalue weighted by atomic mass is 10.0. The number of halogens is 1. The first-order valence-electron chi connectivity index (χ1n) is 7.57. The number of hydrogen-bond acceptors (Lipinski definition) is 3. The molecule has 110 valence electrons. The monoisotopic (exact) mass is 338 g/mol. The van der Waals surface area contributed by atoms with Crippen molar-refractivity contribution >= 4 is 21.6 Å². The normalized spacial score (nSPS) is 27.4. The van der Waals surface area contributed by atoms with E-state index in [-0.39, 0.29) is 6.04 Å². The Labute approximate surface area is 129 Å². The van der Waals surface area contributed by atoms with Gasteiger partial charge in [-0.2, -0.15) is 0 Å². The molecule has 2 N–H and O–H groups in total. The predicted molar refractivity (Wildman–Crippen MR) is 86.2 cm³/mol. The van der Waals surface area contributed by atoms with Gasteiger partial charge in [0.1, 0.15) is 0 Å². The van der Waals surface area contributed by atoms with Crippen LogP contribution >= 0.6 is 15.9 Å². The van der Waals surface area contributed by atoms with E-state index in [0.717, 1.165) is 24.0 Å². The van der Waals surface area contributed by atoms with Crippen LogP contribution in [0.1, 0.15) is 31.7 Å². The van der Waals surface area contributed by atoms with E-state index in [1.54, 1.807) is 0 Å². The number of nitrogens with two attached hydrogens (primary N) is 1. The van der Waals surface area contributed by atoms with Crippen molar-refractivity contribution in [3.63, 3.8) is 0 Å². The molecule has 3 unspecified atom stereocenters. The van der Waals surface area contributed by atoms with E-state index in [1.807, 2.05) is 0 Å². The molecule has 0 aromatic heterocycles. The van der Waals surface area contributed by atoms with Crippen LogP contribution in [0.25, 0.3) is 0 Å². The summed E-state index contributed by atoms with van der Waals surface area (Å²) in [6.45, 7) is 3.91. The Kier molecular flexibility index (Phi) is 4.34. The Bertz CT molecular complexity index is 478. The molecule has 1 aromatic rings. The van der Waals surface area contributed by atoms with Gasteiger partial charge >= 0.3 is 0 Å².